The lowest BCUT2D eigenvalue weighted by molar-refractivity contribution is 0.0690. The molecule has 0 spiro atoms. The summed E-state index contributed by atoms with van der Waals surface area (Å²) in [5, 5.41) is 9.14. The molecule has 0 saturated carbocycles. The summed E-state index contributed by atoms with van der Waals surface area (Å²) >= 11 is 0. The largest absolute Gasteiger partial charge is 0.477 e. The van der Waals surface area contributed by atoms with Gasteiger partial charge in [-0.05, 0) is 42.5 Å². The summed E-state index contributed by atoms with van der Waals surface area (Å²) in [4.78, 5) is 23.0. The number of hydrogen-bond acceptors (Lipinski definition) is 4. The van der Waals surface area contributed by atoms with E-state index in [1.807, 2.05) is 18.2 Å². The minimum absolute atomic E-state index is 0.0488. The van der Waals surface area contributed by atoms with Crippen molar-refractivity contribution < 1.29 is 18.7 Å². The Labute approximate surface area is 164 Å². The van der Waals surface area contributed by atoms with Crippen LogP contribution in [0.1, 0.15) is 10.5 Å². The second kappa shape index (κ2) is 7.55. The monoisotopic (exact) mass is 389 g/mol. The van der Waals surface area contributed by atoms with Crippen molar-refractivity contribution in [1.29, 1.82) is 0 Å². The number of rotatable bonds is 4. The summed E-state index contributed by atoms with van der Waals surface area (Å²) in [6.45, 7) is 0. The summed E-state index contributed by atoms with van der Waals surface area (Å²) in [6, 6.07) is 19.5. The van der Waals surface area contributed by atoms with Gasteiger partial charge in [0.15, 0.2) is 0 Å². The molecule has 0 fully saturated rings. The van der Waals surface area contributed by atoms with E-state index in [0.29, 0.717) is 22.6 Å². The second-order valence-electron chi connectivity index (χ2n) is 6.17. The Kier molecular flexibility index (Phi) is 4.78. The molecule has 7 heteroatoms. The first-order chi connectivity index (χ1) is 14.0. The van der Waals surface area contributed by atoms with Gasteiger partial charge in [-0.1, -0.05) is 30.3 Å². The lowest BCUT2D eigenvalue weighted by Gasteiger charge is -2.08. The molecule has 0 unspecified atom stereocenters. The average molecular weight is 389 g/mol. The van der Waals surface area contributed by atoms with E-state index >= 15 is 0 Å². The third-order valence-corrected chi connectivity index (χ3v) is 4.26. The van der Waals surface area contributed by atoms with E-state index in [1.165, 1.54) is 12.1 Å². The molecule has 1 aromatic carbocycles. The number of nitrogens with zero attached hydrogens (tertiary/aromatic N) is 3. The van der Waals surface area contributed by atoms with Crippen molar-refractivity contribution in [3.8, 4) is 33.8 Å². The summed E-state index contributed by atoms with van der Waals surface area (Å²) in [6.07, 6.45) is 0. The van der Waals surface area contributed by atoms with Crippen molar-refractivity contribution in [2.75, 3.05) is 0 Å². The van der Waals surface area contributed by atoms with Gasteiger partial charge in [0.2, 0.25) is 11.9 Å². The highest BCUT2D eigenvalue weighted by atomic mass is 19.1. The van der Waals surface area contributed by atoms with E-state index < -0.39 is 17.9 Å². The predicted molar refractivity (Wildman–Crippen MR) is 103 cm³/mol. The van der Waals surface area contributed by atoms with E-state index in [4.69, 9.17) is 5.11 Å². The van der Waals surface area contributed by atoms with Gasteiger partial charge in [-0.3, -0.25) is 0 Å². The quantitative estimate of drug-likeness (QED) is 0.505. The van der Waals surface area contributed by atoms with Gasteiger partial charge in [-0.15, -0.1) is 0 Å². The molecule has 3 aromatic heterocycles. The number of carboxylic acid groups (broad SMARTS) is 1. The van der Waals surface area contributed by atoms with Gasteiger partial charge < -0.3 is 5.11 Å². The number of halogens is 2. The molecule has 0 atom stereocenters. The van der Waals surface area contributed by atoms with Crippen LogP contribution < -0.4 is 0 Å². The van der Waals surface area contributed by atoms with E-state index in [0.717, 1.165) is 11.6 Å². The molecule has 29 heavy (non-hydrogen) atoms. The highest BCUT2D eigenvalue weighted by molar-refractivity contribution is 5.86. The first-order valence-corrected chi connectivity index (χ1v) is 8.62. The SMILES string of the molecule is O=C(O)c1cccc(-c2cccc(-c3cccc(-c4ccc(F)nc4F)n3)c2)n1. The summed E-state index contributed by atoms with van der Waals surface area (Å²) in [5.41, 5.74) is 2.91. The minimum Gasteiger partial charge on any atom is -0.477 e. The molecular weight excluding hydrogens is 376 g/mol. The first-order valence-electron chi connectivity index (χ1n) is 8.62. The Morgan fingerprint density at radius 3 is 2.03 bits per heavy atom. The smallest absolute Gasteiger partial charge is 0.354 e. The fourth-order valence-electron chi connectivity index (χ4n) is 2.90. The van der Waals surface area contributed by atoms with Gasteiger partial charge in [0.1, 0.15) is 5.69 Å². The van der Waals surface area contributed by atoms with Crippen LogP contribution in [-0.2, 0) is 0 Å². The Bertz CT molecular complexity index is 1230. The zero-order chi connectivity index (χ0) is 20.4. The first kappa shape index (κ1) is 18.4. The molecule has 0 amide bonds. The van der Waals surface area contributed by atoms with E-state index in [9.17, 15) is 13.6 Å². The second-order valence-corrected chi connectivity index (χ2v) is 6.17. The van der Waals surface area contributed by atoms with Crippen LogP contribution in [-0.4, -0.2) is 26.0 Å². The number of aromatic carboxylic acids is 1. The van der Waals surface area contributed by atoms with Crippen LogP contribution in [0.5, 0.6) is 0 Å². The normalized spacial score (nSPS) is 10.7. The highest BCUT2D eigenvalue weighted by Crippen LogP contribution is 2.27. The number of carboxylic acids is 1. The van der Waals surface area contributed by atoms with Crippen LogP contribution in [0.4, 0.5) is 8.78 Å². The van der Waals surface area contributed by atoms with E-state index in [-0.39, 0.29) is 11.3 Å². The van der Waals surface area contributed by atoms with Crippen molar-refractivity contribution >= 4 is 5.97 Å². The standard InChI is InChI=1S/C22H13F2N3O2/c23-20-11-10-15(21(24)27-20)18-8-2-6-16(25-18)13-4-1-5-14(12-13)17-7-3-9-19(26-17)22(28)29/h1-12H,(H,28,29). The molecular formula is C22H13F2N3O2. The Balaban J connectivity index is 1.74. The Morgan fingerprint density at radius 1 is 0.724 bits per heavy atom. The van der Waals surface area contributed by atoms with Crippen LogP contribution in [0.2, 0.25) is 0 Å². The number of hydrogen-bond donors (Lipinski definition) is 1. The van der Waals surface area contributed by atoms with E-state index in [1.54, 1.807) is 36.4 Å². The molecule has 4 rings (SSSR count). The van der Waals surface area contributed by atoms with Crippen molar-refractivity contribution in [2.24, 2.45) is 0 Å². The van der Waals surface area contributed by atoms with Crippen LogP contribution in [0.3, 0.4) is 0 Å². The molecule has 0 saturated heterocycles. The van der Waals surface area contributed by atoms with Crippen LogP contribution in [0.25, 0.3) is 33.8 Å². The zero-order valence-corrected chi connectivity index (χ0v) is 14.9. The van der Waals surface area contributed by atoms with Crippen molar-refractivity contribution in [2.45, 2.75) is 0 Å². The van der Waals surface area contributed by atoms with E-state index in [2.05, 4.69) is 15.0 Å². The molecule has 3 heterocycles. The minimum atomic E-state index is -1.10. The molecule has 0 aliphatic rings. The fraction of sp³-hybridized carbons (Fsp3) is 0. The van der Waals surface area contributed by atoms with Crippen molar-refractivity contribution in [1.82, 2.24) is 15.0 Å². The average Bonchev–Trinajstić information content (AvgIpc) is 2.74. The third kappa shape index (κ3) is 3.84. The molecule has 0 bridgehead atoms. The van der Waals surface area contributed by atoms with Gasteiger partial charge in [-0.2, -0.15) is 13.8 Å². The molecule has 1 N–H and O–H groups in total. The molecule has 0 aliphatic carbocycles. The Morgan fingerprint density at radius 2 is 1.34 bits per heavy atom. The van der Waals surface area contributed by atoms with Crippen LogP contribution >= 0.6 is 0 Å². The number of pyridine rings is 3. The predicted octanol–water partition coefficient (Wildman–Crippen LogP) is 4.85. The van der Waals surface area contributed by atoms with Crippen molar-refractivity contribution in [3.63, 3.8) is 0 Å². The van der Waals surface area contributed by atoms with Gasteiger partial charge in [0.25, 0.3) is 0 Å². The zero-order valence-electron chi connectivity index (χ0n) is 14.9. The maximum atomic E-state index is 14.0. The maximum Gasteiger partial charge on any atom is 0.354 e. The van der Waals surface area contributed by atoms with Crippen LogP contribution in [0, 0.1) is 11.9 Å². The topological polar surface area (TPSA) is 76.0 Å². The molecule has 0 radical (unpaired) electrons. The number of carbonyl (C=O) groups is 1. The third-order valence-electron chi connectivity index (χ3n) is 4.26. The molecule has 4 aromatic rings. The van der Waals surface area contributed by atoms with Gasteiger partial charge in [0, 0.05) is 11.1 Å². The lowest BCUT2D eigenvalue weighted by atomic mass is 10.0. The Hall–Kier alpha value is -4.00. The lowest BCUT2D eigenvalue weighted by Crippen LogP contribution is -2.00. The summed E-state index contributed by atoms with van der Waals surface area (Å²) in [5.74, 6) is -2.93. The molecule has 0 aliphatic heterocycles. The van der Waals surface area contributed by atoms with Crippen LogP contribution in [0.15, 0.2) is 72.8 Å². The summed E-state index contributed by atoms with van der Waals surface area (Å²) in [7, 11) is 0. The molecule has 5 nitrogen and oxygen atoms in total. The maximum absolute atomic E-state index is 14.0. The van der Waals surface area contributed by atoms with Gasteiger partial charge in [0.05, 0.1) is 22.6 Å². The number of benzene rings is 1. The highest BCUT2D eigenvalue weighted by Gasteiger charge is 2.12. The van der Waals surface area contributed by atoms with Crippen molar-refractivity contribution in [3.05, 3.63) is 90.4 Å². The molecule has 142 valence electrons. The number of aromatic nitrogens is 3. The summed E-state index contributed by atoms with van der Waals surface area (Å²) < 4.78 is 27.1. The fourth-order valence-corrected chi connectivity index (χ4v) is 2.90. The van der Waals surface area contributed by atoms with Gasteiger partial charge in [-0.25, -0.2) is 14.8 Å². The van der Waals surface area contributed by atoms with Gasteiger partial charge >= 0.3 is 5.97 Å².